The van der Waals surface area contributed by atoms with Crippen molar-refractivity contribution < 1.29 is 23.7 Å². The van der Waals surface area contributed by atoms with E-state index in [0.717, 1.165) is 78.1 Å². The minimum atomic E-state index is 0.155. The largest absolute Gasteiger partial charge is 0.456 e. The molecule has 0 spiro atoms. The Labute approximate surface area is 237 Å². The fourth-order valence-electron chi connectivity index (χ4n) is 4.34. The second-order valence-electron chi connectivity index (χ2n) is 9.40. The minimum absolute atomic E-state index is 0.155. The minimum Gasteiger partial charge on any atom is -0.456 e. The third-order valence-electron chi connectivity index (χ3n) is 6.64. The van der Waals surface area contributed by atoms with Crippen LogP contribution in [0, 0.1) is 0 Å². The number of anilines is 2. The van der Waals surface area contributed by atoms with Crippen LogP contribution in [0.15, 0.2) is 17.9 Å². The fourth-order valence-corrected chi connectivity index (χ4v) is 7.03. The number of rotatable bonds is 10. The topological polar surface area (TPSA) is 111 Å². The number of epoxide rings is 4. The van der Waals surface area contributed by atoms with Crippen molar-refractivity contribution in [1.29, 1.82) is 0 Å². The summed E-state index contributed by atoms with van der Waals surface area (Å²) in [5, 5.41) is 0. The summed E-state index contributed by atoms with van der Waals surface area (Å²) in [7, 11) is 0. The summed E-state index contributed by atoms with van der Waals surface area (Å²) in [5.74, 6) is 1.56. The van der Waals surface area contributed by atoms with Gasteiger partial charge < -0.3 is 35.2 Å². The van der Waals surface area contributed by atoms with Crippen LogP contribution < -0.4 is 16.2 Å². The molecule has 4 atom stereocenters. The molecule has 35 heavy (non-hydrogen) atoms. The molecule has 2 aromatic rings. The van der Waals surface area contributed by atoms with Crippen molar-refractivity contribution in [3.05, 3.63) is 40.1 Å². The van der Waals surface area contributed by atoms with E-state index in [1.807, 2.05) is 0 Å². The highest BCUT2D eigenvalue weighted by Crippen LogP contribution is 2.51. The van der Waals surface area contributed by atoms with E-state index in [0.29, 0.717) is 37.1 Å². The molecule has 4 heterocycles. The van der Waals surface area contributed by atoms with E-state index < -0.39 is 0 Å². The van der Waals surface area contributed by atoms with Crippen molar-refractivity contribution >= 4 is 75.1 Å². The van der Waals surface area contributed by atoms with E-state index in [-0.39, 0.29) is 24.4 Å². The van der Waals surface area contributed by atoms with Gasteiger partial charge in [0.05, 0.1) is 62.2 Å². The molecule has 0 aliphatic carbocycles. The lowest BCUT2D eigenvalue weighted by molar-refractivity contribution is 0.387. The first kappa shape index (κ1) is 24.9. The van der Waals surface area contributed by atoms with Gasteiger partial charge in [-0.05, 0) is 63.7 Å². The number of nitrogens with two attached hydrogens (primary N) is 2. The van der Waals surface area contributed by atoms with Gasteiger partial charge in [-0.2, -0.15) is 0 Å². The van der Waals surface area contributed by atoms with Crippen LogP contribution in [0.25, 0.3) is 0 Å². The van der Waals surface area contributed by atoms with Gasteiger partial charge in [0, 0.05) is 65.8 Å². The molecule has 188 valence electrons. The lowest BCUT2D eigenvalue weighted by atomic mass is 9.98. The SMILES string of the molecule is Nc1c(Br)c(CC2CO2)c(Oc2c(CC3CO3)c(Br)c(N)c(Br)c2CC2CO2)c(CC2CO2)c1Br. The van der Waals surface area contributed by atoms with Gasteiger partial charge in [-0.3, -0.25) is 0 Å². The molecule has 4 aliphatic rings. The van der Waals surface area contributed by atoms with E-state index in [2.05, 4.69) is 63.7 Å². The third kappa shape index (κ3) is 5.30. The molecule has 11 heteroatoms. The highest BCUT2D eigenvalue weighted by Gasteiger charge is 2.36. The second-order valence-corrected chi connectivity index (χ2v) is 12.6. The van der Waals surface area contributed by atoms with Crippen LogP contribution in [0.2, 0.25) is 0 Å². The number of benzene rings is 2. The standard InChI is InChI=1S/C24H24Br4N2O5/c25-17-13(1-9-5-31-9)23(14(2-10-6-32-10)18(26)21(17)29)35-24-15(3-11-7-33-11)19(27)22(30)20(28)16(24)4-12-8-34-12/h9-12H,1-8,29-30H2. The molecular formula is C24H24Br4N2O5. The summed E-state index contributed by atoms with van der Waals surface area (Å²) in [4.78, 5) is 0. The first-order valence-corrected chi connectivity index (χ1v) is 14.7. The Hall–Kier alpha value is -0.400. The lowest BCUT2D eigenvalue weighted by Crippen LogP contribution is -2.12. The Balaban J connectivity index is 1.53. The van der Waals surface area contributed by atoms with Crippen molar-refractivity contribution in [2.75, 3.05) is 37.9 Å². The maximum atomic E-state index is 7.00. The van der Waals surface area contributed by atoms with Crippen LogP contribution in [0.5, 0.6) is 11.5 Å². The predicted molar refractivity (Wildman–Crippen MR) is 146 cm³/mol. The van der Waals surface area contributed by atoms with Crippen LogP contribution in [0.4, 0.5) is 11.4 Å². The first-order valence-electron chi connectivity index (χ1n) is 11.5. The molecule has 4 aliphatic heterocycles. The molecule has 6 rings (SSSR count). The van der Waals surface area contributed by atoms with Gasteiger partial charge in [0.15, 0.2) is 0 Å². The summed E-state index contributed by atoms with van der Waals surface area (Å²) in [6.07, 6.45) is 3.42. The lowest BCUT2D eigenvalue weighted by Gasteiger charge is -2.25. The number of halogens is 4. The summed E-state index contributed by atoms with van der Waals surface area (Å²) in [6, 6.07) is 0. The molecule has 0 bridgehead atoms. The van der Waals surface area contributed by atoms with E-state index in [1.54, 1.807) is 0 Å². The second kappa shape index (κ2) is 9.72. The molecule has 0 radical (unpaired) electrons. The number of hydrogen-bond donors (Lipinski definition) is 2. The highest BCUT2D eigenvalue weighted by molar-refractivity contribution is 9.11. The van der Waals surface area contributed by atoms with Gasteiger partial charge in [-0.15, -0.1) is 0 Å². The molecule has 7 nitrogen and oxygen atoms in total. The van der Waals surface area contributed by atoms with Gasteiger partial charge in [0.1, 0.15) is 11.5 Å². The van der Waals surface area contributed by atoms with Crippen LogP contribution in [0.3, 0.4) is 0 Å². The molecule has 2 aromatic carbocycles. The number of nitrogen functional groups attached to an aromatic ring is 2. The average Bonchev–Trinajstić information content (AvgIpc) is 3.68. The van der Waals surface area contributed by atoms with Gasteiger partial charge >= 0.3 is 0 Å². The Morgan fingerprint density at radius 1 is 0.543 bits per heavy atom. The average molecular weight is 740 g/mol. The highest BCUT2D eigenvalue weighted by atomic mass is 79.9. The molecule has 0 aromatic heterocycles. The predicted octanol–water partition coefficient (Wildman–Crippen LogP) is 5.46. The zero-order chi connectivity index (χ0) is 24.4. The molecule has 4 saturated heterocycles. The Morgan fingerprint density at radius 3 is 0.971 bits per heavy atom. The zero-order valence-corrected chi connectivity index (χ0v) is 25.0. The van der Waals surface area contributed by atoms with Crippen molar-refractivity contribution in [1.82, 2.24) is 0 Å². The van der Waals surface area contributed by atoms with Crippen LogP contribution >= 0.6 is 63.7 Å². The summed E-state index contributed by atoms with van der Waals surface area (Å²) in [6.45, 7) is 2.93. The number of hydrogen-bond acceptors (Lipinski definition) is 7. The summed E-state index contributed by atoms with van der Waals surface area (Å²) in [5.41, 5.74) is 18.3. The molecular weight excluding hydrogens is 716 g/mol. The third-order valence-corrected chi connectivity index (χ3v) is 10.3. The molecule has 4 fully saturated rings. The van der Waals surface area contributed by atoms with Crippen LogP contribution in [0.1, 0.15) is 22.3 Å². The van der Waals surface area contributed by atoms with E-state index in [1.165, 1.54) is 0 Å². The van der Waals surface area contributed by atoms with Gasteiger partial charge in [-0.1, -0.05) is 0 Å². The van der Waals surface area contributed by atoms with Crippen LogP contribution in [-0.2, 0) is 44.6 Å². The molecule has 0 amide bonds. The first-order chi connectivity index (χ1) is 16.8. The smallest absolute Gasteiger partial charge is 0.136 e. The van der Waals surface area contributed by atoms with Crippen molar-refractivity contribution in [3.63, 3.8) is 0 Å². The van der Waals surface area contributed by atoms with Crippen molar-refractivity contribution in [3.8, 4) is 11.5 Å². The van der Waals surface area contributed by atoms with E-state index in [4.69, 9.17) is 35.2 Å². The quantitative estimate of drug-likeness (QED) is 0.246. The van der Waals surface area contributed by atoms with E-state index in [9.17, 15) is 0 Å². The zero-order valence-electron chi connectivity index (χ0n) is 18.7. The van der Waals surface area contributed by atoms with Crippen molar-refractivity contribution in [2.45, 2.75) is 50.1 Å². The van der Waals surface area contributed by atoms with Crippen LogP contribution in [-0.4, -0.2) is 50.8 Å². The summed E-state index contributed by atoms with van der Waals surface area (Å²) >= 11 is 15.0. The normalized spacial score (nSPS) is 26.1. The Kier molecular flexibility index (Phi) is 6.92. The Morgan fingerprint density at radius 2 is 0.771 bits per heavy atom. The van der Waals surface area contributed by atoms with E-state index >= 15 is 0 Å². The molecule has 4 unspecified atom stereocenters. The number of ether oxygens (including phenoxy) is 5. The monoisotopic (exact) mass is 736 g/mol. The van der Waals surface area contributed by atoms with Gasteiger partial charge in [-0.25, -0.2) is 0 Å². The summed E-state index contributed by atoms with van der Waals surface area (Å²) < 4.78 is 32.6. The van der Waals surface area contributed by atoms with Crippen molar-refractivity contribution in [2.24, 2.45) is 0 Å². The maximum Gasteiger partial charge on any atom is 0.136 e. The fraction of sp³-hybridized carbons (Fsp3) is 0.500. The van der Waals surface area contributed by atoms with Gasteiger partial charge in [0.2, 0.25) is 0 Å². The van der Waals surface area contributed by atoms with Gasteiger partial charge in [0.25, 0.3) is 0 Å². The molecule has 0 saturated carbocycles. The maximum absolute atomic E-state index is 7.00. The molecule has 4 N–H and O–H groups in total. The Bertz CT molecular complexity index is 1020.